The lowest BCUT2D eigenvalue weighted by Crippen LogP contribution is -2.39. The van der Waals surface area contributed by atoms with Crippen LogP contribution in [0, 0.1) is 13.8 Å². The molecule has 0 unspecified atom stereocenters. The number of nitrogens with zero attached hydrogens (tertiary/aromatic N) is 2. The van der Waals surface area contributed by atoms with Gasteiger partial charge in [-0.05, 0) is 27.2 Å². The molecule has 0 fully saturated rings. The van der Waals surface area contributed by atoms with Crippen molar-refractivity contribution < 1.29 is 4.74 Å². The second-order valence-electron chi connectivity index (χ2n) is 4.84. The number of rotatable bonds is 9. The summed E-state index contributed by atoms with van der Waals surface area (Å²) in [6.45, 7) is 12.1. The third kappa shape index (κ3) is 7.43. The molecule has 0 atom stereocenters. The molecular formula is C15H28N4OS. The molecule has 2 N–H and O–H groups in total. The van der Waals surface area contributed by atoms with Gasteiger partial charge in [0.1, 0.15) is 5.01 Å². The number of nitrogens with one attached hydrogen (secondary N) is 2. The zero-order chi connectivity index (χ0) is 15.5. The van der Waals surface area contributed by atoms with Gasteiger partial charge in [-0.2, -0.15) is 0 Å². The fraction of sp³-hybridized carbons (Fsp3) is 0.733. The first kappa shape index (κ1) is 17.9. The number of thiazole rings is 1. The number of ether oxygens (including phenoxy) is 1. The fourth-order valence-electron chi connectivity index (χ4n) is 1.69. The predicted octanol–water partition coefficient (Wildman–Crippen LogP) is 2.63. The SMILES string of the molecule is CCCCOCCNC(=NCc1nc(C)c(C)s1)NCC. The van der Waals surface area contributed by atoms with Crippen LogP contribution in [0.25, 0.3) is 0 Å². The Labute approximate surface area is 132 Å². The minimum absolute atomic E-state index is 0.616. The zero-order valence-electron chi connectivity index (χ0n) is 13.7. The molecule has 0 aromatic carbocycles. The van der Waals surface area contributed by atoms with E-state index in [0.717, 1.165) is 42.8 Å². The summed E-state index contributed by atoms with van der Waals surface area (Å²) in [7, 11) is 0. The van der Waals surface area contributed by atoms with Crippen molar-refractivity contribution in [3.8, 4) is 0 Å². The van der Waals surface area contributed by atoms with Crippen LogP contribution in [0.5, 0.6) is 0 Å². The van der Waals surface area contributed by atoms with Gasteiger partial charge in [-0.1, -0.05) is 13.3 Å². The molecule has 1 aromatic heterocycles. The Bertz CT molecular complexity index is 412. The lowest BCUT2D eigenvalue weighted by molar-refractivity contribution is 0.136. The average molecular weight is 312 g/mol. The summed E-state index contributed by atoms with van der Waals surface area (Å²) < 4.78 is 5.53. The summed E-state index contributed by atoms with van der Waals surface area (Å²) in [6, 6.07) is 0. The van der Waals surface area contributed by atoms with Crippen molar-refractivity contribution in [1.82, 2.24) is 15.6 Å². The fourth-order valence-corrected chi connectivity index (χ4v) is 2.54. The highest BCUT2D eigenvalue weighted by molar-refractivity contribution is 7.11. The van der Waals surface area contributed by atoms with E-state index in [1.807, 2.05) is 6.92 Å². The minimum atomic E-state index is 0.616. The molecule has 0 saturated carbocycles. The Balaban J connectivity index is 2.35. The maximum absolute atomic E-state index is 5.53. The molecule has 1 aromatic rings. The Morgan fingerprint density at radius 1 is 1.24 bits per heavy atom. The van der Waals surface area contributed by atoms with Crippen LogP contribution in [-0.2, 0) is 11.3 Å². The highest BCUT2D eigenvalue weighted by Gasteiger charge is 2.03. The predicted molar refractivity (Wildman–Crippen MR) is 90.1 cm³/mol. The van der Waals surface area contributed by atoms with Gasteiger partial charge in [0.2, 0.25) is 0 Å². The molecule has 1 heterocycles. The van der Waals surface area contributed by atoms with Gasteiger partial charge >= 0.3 is 0 Å². The Morgan fingerprint density at radius 2 is 2.05 bits per heavy atom. The molecule has 5 nitrogen and oxygen atoms in total. The molecule has 0 saturated heterocycles. The highest BCUT2D eigenvalue weighted by Crippen LogP contribution is 2.16. The van der Waals surface area contributed by atoms with Crippen LogP contribution in [0.2, 0.25) is 0 Å². The summed E-state index contributed by atoms with van der Waals surface area (Å²) in [5, 5.41) is 7.57. The smallest absolute Gasteiger partial charge is 0.191 e. The van der Waals surface area contributed by atoms with Crippen molar-refractivity contribution >= 4 is 17.3 Å². The molecular weight excluding hydrogens is 284 g/mol. The Morgan fingerprint density at radius 3 is 2.67 bits per heavy atom. The standard InChI is InChI=1S/C15H28N4OS/c1-5-7-9-20-10-8-17-15(16-6-2)18-11-14-19-12(3)13(4)21-14/h5-11H2,1-4H3,(H2,16,17,18). The van der Waals surface area contributed by atoms with Crippen molar-refractivity contribution in [2.45, 2.75) is 47.1 Å². The van der Waals surface area contributed by atoms with Crippen LogP contribution in [0.1, 0.15) is 42.3 Å². The zero-order valence-corrected chi connectivity index (χ0v) is 14.5. The highest BCUT2D eigenvalue weighted by atomic mass is 32.1. The topological polar surface area (TPSA) is 58.5 Å². The molecule has 0 aliphatic rings. The monoisotopic (exact) mass is 312 g/mol. The van der Waals surface area contributed by atoms with E-state index in [4.69, 9.17) is 4.74 Å². The van der Waals surface area contributed by atoms with E-state index >= 15 is 0 Å². The number of hydrogen-bond donors (Lipinski definition) is 2. The number of hydrogen-bond acceptors (Lipinski definition) is 4. The van der Waals surface area contributed by atoms with Crippen LogP contribution in [-0.4, -0.2) is 37.2 Å². The third-order valence-corrected chi connectivity index (χ3v) is 4.03. The van der Waals surface area contributed by atoms with Crippen molar-refractivity contribution in [2.75, 3.05) is 26.3 Å². The largest absolute Gasteiger partial charge is 0.380 e. The molecule has 21 heavy (non-hydrogen) atoms. The molecule has 0 amide bonds. The summed E-state index contributed by atoms with van der Waals surface area (Å²) in [6.07, 6.45) is 2.29. The number of guanidine groups is 1. The van der Waals surface area contributed by atoms with Crippen LogP contribution in [0.4, 0.5) is 0 Å². The number of aliphatic imine (C=N–C) groups is 1. The van der Waals surface area contributed by atoms with Crippen molar-refractivity contribution in [1.29, 1.82) is 0 Å². The lowest BCUT2D eigenvalue weighted by atomic mass is 10.4. The van der Waals surface area contributed by atoms with Gasteiger partial charge < -0.3 is 15.4 Å². The lowest BCUT2D eigenvalue weighted by Gasteiger charge is -2.11. The van der Waals surface area contributed by atoms with E-state index in [9.17, 15) is 0 Å². The van der Waals surface area contributed by atoms with Crippen molar-refractivity contribution in [3.05, 3.63) is 15.6 Å². The molecule has 120 valence electrons. The van der Waals surface area contributed by atoms with Crippen LogP contribution in [0.3, 0.4) is 0 Å². The van der Waals surface area contributed by atoms with Crippen LogP contribution >= 0.6 is 11.3 Å². The number of aromatic nitrogens is 1. The Kier molecular flexibility index (Phi) is 9.01. The first-order chi connectivity index (χ1) is 10.2. The first-order valence-corrected chi connectivity index (χ1v) is 8.51. The maximum atomic E-state index is 5.53. The summed E-state index contributed by atoms with van der Waals surface area (Å²) in [4.78, 5) is 10.3. The second-order valence-corrected chi connectivity index (χ2v) is 6.12. The summed E-state index contributed by atoms with van der Waals surface area (Å²) in [5.74, 6) is 0.821. The minimum Gasteiger partial charge on any atom is -0.380 e. The average Bonchev–Trinajstić information content (AvgIpc) is 2.79. The van der Waals surface area contributed by atoms with E-state index in [-0.39, 0.29) is 0 Å². The maximum Gasteiger partial charge on any atom is 0.191 e. The van der Waals surface area contributed by atoms with E-state index in [1.165, 1.54) is 11.3 Å². The molecule has 0 aliphatic heterocycles. The van der Waals surface area contributed by atoms with E-state index < -0.39 is 0 Å². The molecule has 0 bridgehead atoms. The van der Waals surface area contributed by atoms with Gasteiger partial charge in [0.05, 0.1) is 18.8 Å². The van der Waals surface area contributed by atoms with Gasteiger partial charge in [0.15, 0.2) is 5.96 Å². The molecule has 0 spiro atoms. The summed E-state index contributed by atoms with van der Waals surface area (Å²) in [5.41, 5.74) is 1.10. The van der Waals surface area contributed by atoms with E-state index in [0.29, 0.717) is 13.2 Å². The van der Waals surface area contributed by atoms with Gasteiger partial charge in [0, 0.05) is 24.6 Å². The molecule has 0 radical (unpaired) electrons. The number of aryl methyl sites for hydroxylation is 2. The van der Waals surface area contributed by atoms with Gasteiger partial charge in [-0.3, -0.25) is 0 Å². The van der Waals surface area contributed by atoms with Crippen LogP contribution < -0.4 is 10.6 Å². The van der Waals surface area contributed by atoms with Crippen LogP contribution in [0.15, 0.2) is 4.99 Å². The molecule has 0 aliphatic carbocycles. The van der Waals surface area contributed by atoms with E-state index in [2.05, 4.69) is 41.4 Å². The Hall–Kier alpha value is -1.14. The second kappa shape index (κ2) is 10.6. The summed E-state index contributed by atoms with van der Waals surface area (Å²) >= 11 is 1.71. The first-order valence-electron chi connectivity index (χ1n) is 7.70. The normalized spacial score (nSPS) is 11.7. The molecule has 6 heteroatoms. The number of unbranched alkanes of at least 4 members (excludes halogenated alkanes) is 1. The van der Waals surface area contributed by atoms with Crippen molar-refractivity contribution in [2.24, 2.45) is 4.99 Å². The third-order valence-electron chi connectivity index (χ3n) is 2.97. The molecule has 1 rings (SSSR count). The van der Waals surface area contributed by atoms with Gasteiger partial charge in [-0.25, -0.2) is 9.98 Å². The van der Waals surface area contributed by atoms with Crippen molar-refractivity contribution in [3.63, 3.8) is 0 Å². The van der Waals surface area contributed by atoms with E-state index in [1.54, 1.807) is 11.3 Å². The van der Waals surface area contributed by atoms with Gasteiger partial charge in [-0.15, -0.1) is 11.3 Å². The quantitative estimate of drug-likeness (QED) is 0.418. The van der Waals surface area contributed by atoms with Gasteiger partial charge in [0.25, 0.3) is 0 Å².